The van der Waals surface area contributed by atoms with Crippen LogP contribution in [0.15, 0.2) is 192 Å². The van der Waals surface area contributed by atoms with Crippen molar-refractivity contribution in [3.05, 3.63) is 182 Å². The molecule has 0 radical (unpaired) electrons. The molecule has 5 heteroatoms. The van der Waals surface area contributed by atoms with Crippen molar-refractivity contribution < 1.29 is 0 Å². The Hall–Kier alpha value is -7.08. The fourth-order valence-electron chi connectivity index (χ4n) is 9.20. The van der Waals surface area contributed by atoms with Crippen LogP contribution in [0.3, 0.4) is 0 Å². The minimum Gasteiger partial charge on any atom is -0.278 e. The predicted octanol–water partition coefficient (Wildman–Crippen LogP) is 13.7. The van der Waals surface area contributed by atoms with Crippen LogP contribution in [0.2, 0.25) is 0 Å². The summed E-state index contributed by atoms with van der Waals surface area (Å²) in [6.45, 7) is 0. The van der Waals surface area contributed by atoms with Crippen LogP contribution in [0, 0.1) is 0 Å². The van der Waals surface area contributed by atoms with Crippen molar-refractivity contribution >= 4 is 31.8 Å². The number of benzene rings is 8. The molecule has 0 saturated carbocycles. The molecule has 0 N–H and O–H groups in total. The summed E-state index contributed by atoms with van der Waals surface area (Å²) in [4.78, 5) is 18.9. The van der Waals surface area contributed by atoms with E-state index >= 15 is 0 Å². The van der Waals surface area contributed by atoms with Crippen molar-refractivity contribution in [2.45, 2.75) is 9.79 Å². The number of aromatic nitrogens is 4. The van der Waals surface area contributed by atoms with E-state index in [2.05, 4.69) is 199 Å². The largest absolute Gasteiger partial charge is 0.278 e. The van der Waals surface area contributed by atoms with Crippen molar-refractivity contribution in [3.8, 4) is 84.4 Å². The van der Waals surface area contributed by atoms with Gasteiger partial charge in [0.15, 0.2) is 11.6 Å². The summed E-state index contributed by atoms with van der Waals surface area (Å²) in [5.74, 6) is 1.88. The standard InChI is InChI=1S/C53H36N4S/c1-58(2)48-23-7-6-20-43(48)44-26-25-41(32-49(44)58)52-54-51-40-19-10-18-38(30-40)36-16-8-14-34(28-36)35-15-9-17-37(29-35)39-24-27-45-47(31-39)57(53(55-51)56-52)46-22-11-21-42(50(45)46)33-12-4-3-5-13-33/h3-32H,1-2H3. The second-order valence-electron chi connectivity index (χ2n) is 15.7. The molecule has 10 bridgehead atoms. The number of nitrogens with zero attached hydrogens (tertiary/aromatic N) is 4. The third-order valence-electron chi connectivity index (χ3n) is 12.1. The molecule has 0 atom stereocenters. The molecule has 0 amide bonds. The quantitative estimate of drug-likeness (QED) is 0.176. The van der Waals surface area contributed by atoms with Crippen LogP contribution in [0.1, 0.15) is 0 Å². The second-order valence-corrected chi connectivity index (χ2v) is 19.2. The second kappa shape index (κ2) is 12.5. The summed E-state index contributed by atoms with van der Waals surface area (Å²) in [5.41, 5.74) is 15.9. The number of fused-ring (bicyclic) bond motifs is 20. The molecular weight excluding hydrogens is 725 g/mol. The lowest BCUT2D eigenvalue weighted by Crippen LogP contribution is -2.07. The van der Waals surface area contributed by atoms with Crippen LogP contribution < -0.4 is 0 Å². The van der Waals surface area contributed by atoms with Crippen LogP contribution in [0.4, 0.5) is 0 Å². The molecule has 4 nitrogen and oxygen atoms in total. The molecule has 0 saturated heterocycles. The summed E-state index contributed by atoms with van der Waals surface area (Å²) < 4.78 is 2.26. The van der Waals surface area contributed by atoms with Crippen LogP contribution in [0.25, 0.3) is 106 Å². The lowest BCUT2D eigenvalue weighted by molar-refractivity contribution is 0.953. The Balaban J connectivity index is 1.19. The van der Waals surface area contributed by atoms with Crippen molar-refractivity contribution in [2.24, 2.45) is 0 Å². The van der Waals surface area contributed by atoms with Gasteiger partial charge in [0.2, 0.25) is 5.95 Å². The van der Waals surface area contributed by atoms with Gasteiger partial charge in [0, 0.05) is 31.7 Å². The first-order chi connectivity index (χ1) is 28.5. The Morgan fingerprint density at radius 2 is 0.879 bits per heavy atom. The van der Waals surface area contributed by atoms with E-state index in [1.54, 1.807) is 0 Å². The van der Waals surface area contributed by atoms with E-state index in [0.717, 1.165) is 49.8 Å². The SMILES string of the molecule is CS1(C)c2ccccc2-c2ccc(-c3nc4nc(n3)-n3c5cc(ccc5c5c(-c6ccccc6)cccc53)-c3cccc(c3)-c3cccc(c3)-c3cccc-4c3)cc21. The van der Waals surface area contributed by atoms with Gasteiger partial charge in [-0.3, -0.25) is 4.57 Å². The summed E-state index contributed by atoms with van der Waals surface area (Å²) in [6.07, 6.45) is 4.80. The Bertz CT molecular complexity index is 3320. The van der Waals surface area contributed by atoms with E-state index in [4.69, 9.17) is 15.0 Å². The van der Waals surface area contributed by atoms with Crippen LogP contribution in [-0.2, 0) is 0 Å². The van der Waals surface area contributed by atoms with E-state index in [-0.39, 0.29) is 0 Å². The highest BCUT2D eigenvalue weighted by Gasteiger charge is 2.32. The van der Waals surface area contributed by atoms with Crippen LogP contribution >= 0.6 is 10.0 Å². The fourth-order valence-corrected chi connectivity index (χ4v) is 11.7. The van der Waals surface area contributed by atoms with Gasteiger partial charge in [-0.2, -0.15) is 20.0 Å². The van der Waals surface area contributed by atoms with E-state index in [1.165, 1.54) is 48.6 Å². The van der Waals surface area contributed by atoms with Crippen LogP contribution in [0.5, 0.6) is 0 Å². The zero-order chi connectivity index (χ0) is 38.5. The smallest absolute Gasteiger partial charge is 0.238 e. The molecule has 8 aromatic carbocycles. The van der Waals surface area contributed by atoms with Crippen molar-refractivity contribution in [1.29, 1.82) is 0 Å². The Labute approximate surface area is 338 Å². The Morgan fingerprint density at radius 3 is 1.59 bits per heavy atom. The lowest BCUT2D eigenvalue weighted by Gasteiger charge is -2.28. The van der Waals surface area contributed by atoms with Gasteiger partial charge >= 0.3 is 0 Å². The van der Waals surface area contributed by atoms with Gasteiger partial charge in [-0.1, -0.05) is 140 Å². The van der Waals surface area contributed by atoms with Gasteiger partial charge in [0.1, 0.15) is 0 Å². The topological polar surface area (TPSA) is 43.6 Å². The summed E-state index contributed by atoms with van der Waals surface area (Å²) >= 11 is 0. The maximum atomic E-state index is 5.44. The highest BCUT2D eigenvalue weighted by atomic mass is 32.3. The first-order valence-electron chi connectivity index (χ1n) is 19.7. The maximum Gasteiger partial charge on any atom is 0.238 e. The van der Waals surface area contributed by atoms with E-state index in [0.29, 0.717) is 17.6 Å². The monoisotopic (exact) mass is 760 g/mol. The summed E-state index contributed by atoms with van der Waals surface area (Å²) in [5, 5.41) is 2.32. The Kier molecular flexibility index (Phi) is 7.11. The van der Waals surface area contributed by atoms with E-state index in [1.807, 2.05) is 0 Å². The molecule has 10 aromatic rings. The highest BCUT2D eigenvalue weighted by Crippen LogP contribution is 2.67. The van der Waals surface area contributed by atoms with Crippen molar-refractivity contribution in [1.82, 2.24) is 19.5 Å². The predicted molar refractivity (Wildman–Crippen MR) is 242 cm³/mol. The fraction of sp³-hybridized carbons (Fsp3) is 0.0377. The normalized spacial score (nSPS) is 13.7. The minimum atomic E-state index is -1.24. The average molecular weight is 761 g/mol. The third-order valence-corrected chi connectivity index (χ3v) is 15.0. The van der Waals surface area contributed by atoms with Crippen molar-refractivity contribution in [3.63, 3.8) is 0 Å². The molecule has 0 aliphatic carbocycles. The molecular formula is C53H36N4S. The first-order valence-corrected chi connectivity index (χ1v) is 22.1. The van der Waals surface area contributed by atoms with Gasteiger partial charge in [-0.25, -0.2) is 4.98 Å². The molecule has 58 heavy (non-hydrogen) atoms. The number of hydrogen-bond acceptors (Lipinski definition) is 3. The summed E-state index contributed by atoms with van der Waals surface area (Å²) in [6, 6.07) is 66.1. The molecule has 0 spiro atoms. The Morgan fingerprint density at radius 1 is 0.362 bits per heavy atom. The zero-order valence-electron chi connectivity index (χ0n) is 32.0. The molecule has 2 aliphatic rings. The van der Waals surface area contributed by atoms with Gasteiger partial charge in [-0.15, -0.1) is 0 Å². The maximum absolute atomic E-state index is 5.44. The molecule has 2 aliphatic heterocycles. The molecule has 4 heterocycles. The molecule has 2 aromatic heterocycles. The minimum absolute atomic E-state index is 0.589. The third kappa shape index (κ3) is 5.00. The van der Waals surface area contributed by atoms with E-state index < -0.39 is 10.0 Å². The van der Waals surface area contributed by atoms with Gasteiger partial charge in [0.05, 0.1) is 11.0 Å². The lowest BCUT2D eigenvalue weighted by atomic mass is 9.95. The number of rotatable bonds is 2. The van der Waals surface area contributed by atoms with Gasteiger partial charge in [-0.05, 0) is 111 Å². The first kappa shape index (κ1) is 33.1. The highest BCUT2D eigenvalue weighted by molar-refractivity contribution is 8.33. The van der Waals surface area contributed by atoms with E-state index in [9.17, 15) is 0 Å². The number of hydrogen-bond donors (Lipinski definition) is 0. The zero-order valence-corrected chi connectivity index (χ0v) is 32.8. The van der Waals surface area contributed by atoms with Crippen LogP contribution in [-0.4, -0.2) is 32.0 Å². The van der Waals surface area contributed by atoms with Gasteiger partial charge in [0.25, 0.3) is 0 Å². The summed E-state index contributed by atoms with van der Waals surface area (Å²) in [7, 11) is -1.24. The molecule has 0 unspecified atom stereocenters. The molecule has 274 valence electrons. The molecule has 0 fully saturated rings. The molecule has 12 rings (SSSR count). The van der Waals surface area contributed by atoms with Gasteiger partial charge < -0.3 is 0 Å². The average Bonchev–Trinajstić information content (AvgIpc) is 3.74. The van der Waals surface area contributed by atoms with Crippen molar-refractivity contribution in [2.75, 3.05) is 12.5 Å².